The molecule has 1 amide bonds. The van der Waals surface area contributed by atoms with Crippen LogP contribution in [0.25, 0.3) is 10.9 Å². The average Bonchev–Trinajstić information content (AvgIpc) is 3.21. The number of ether oxygens (including phenoxy) is 1. The van der Waals surface area contributed by atoms with E-state index < -0.39 is 28.5 Å². The number of aromatic nitrogens is 1. The normalized spacial score (nSPS) is 18.3. The molecule has 1 aromatic heterocycles. The van der Waals surface area contributed by atoms with Crippen molar-refractivity contribution in [3.8, 4) is 0 Å². The molecule has 9 heteroatoms. The van der Waals surface area contributed by atoms with Crippen LogP contribution < -0.4 is 10.6 Å². The molecule has 8 nitrogen and oxygen atoms in total. The molecular formula is C26H34N4O4S. The highest BCUT2D eigenvalue weighted by Gasteiger charge is 2.36. The number of nitrogens with one attached hydrogen (secondary N) is 3. The van der Waals surface area contributed by atoms with Crippen molar-refractivity contribution in [2.45, 2.75) is 69.3 Å². The maximum absolute atomic E-state index is 13.2. The van der Waals surface area contributed by atoms with Crippen molar-refractivity contribution in [1.29, 1.82) is 0 Å². The van der Waals surface area contributed by atoms with Crippen molar-refractivity contribution in [3.05, 3.63) is 66.4 Å². The number of rotatable bonds is 7. The smallest absolute Gasteiger partial charge is 0.409 e. The van der Waals surface area contributed by atoms with Gasteiger partial charge in [0.1, 0.15) is 0 Å². The van der Waals surface area contributed by atoms with Crippen molar-refractivity contribution >= 4 is 27.0 Å². The summed E-state index contributed by atoms with van der Waals surface area (Å²) in [6.45, 7) is 6.39. The van der Waals surface area contributed by atoms with Crippen molar-refractivity contribution in [2.75, 3.05) is 6.54 Å². The number of H-pyrrole nitrogens is 1. The van der Waals surface area contributed by atoms with Crippen LogP contribution in [0.5, 0.6) is 0 Å². The second-order valence-corrected chi connectivity index (χ2v) is 11.8. The second kappa shape index (κ2) is 10.4. The number of amides is 1. The average molecular weight is 499 g/mol. The highest BCUT2D eigenvalue weighted by Crippen LogP contribution is 2.26. The van der Waals surface area contributed by atoms with Gasteiger partial charge in [-0.1, -0.05) is 36.4 Å². The standard InChI is InChI=1S/C26H34N4O4S/c1-26(2,3)29-23(17-19-18-27-22-14-8-7-13-21(19)22)28-25(31)34-24-15-9-10-16-30(24)35(32,33)20-11-5-4-6-12-20/h4-8,11-14,18,23-24,27,29H,9-10,15-17H2,1-3H3,(H,28,31)/t23-,24+/m1/s1. The summed E-state index contributed by atoms with van der Waals surface area (Å²) in [5, 5.41) is 7.46. The first-order valence-electron chi connectivity index (χ1n) is 12.0. The van der Waals surface area contributed by atoms with Gasteiger partial charge in [-0.05, 0) is 63.8 Å². The molecule has 1 aliphatic heterocycles. The Morgan fingerprint density at radius 3 is 2.57 bits per heavy atom. The molecule has 1 saturated heterocycles. The molecule has 2 heterocycles. The van der Waals surface area contributed by atoms with Crippen LogP contribution in [0.4, 0.5) is 4.79 Å². The van der Waals surface area contributed by atoms with E-state index in [0.717, 1.165) is 29.3 Å². The Morgan fingerprint density at radius 1 is 1.11 bits per heavy atom. The van der Waals surface area contributed by atoms with Crippen LogP contribution >= 0.6 is 0 Å². The lowest BCUT2D eigenvalue weighted by Gasteiger charge is -2.35. The van der Waals surface area contributed by atoms with Gasteiger partial charge >= 0.3 is 6.09 Å². The molecule has 3 N–H and O–H groups in total. The number of piperidine rings is 1. The predicted molar refractivity (Wildman–Crippen MR) is 136 cm³/mol. The summed E-state index contributed by atoms with van der Waals surface area (Å²) in [6.07, 6.45) is 2.55. The summed E-state index contributed by atoms with van der Waals surface area (Å²) in [5.41, 5.74) is 1.83. The molecule has 0 spiro atoms. The minimum absolute atomic E-state index is 0.197. The number of carbonyl (C=O) groups is 1. The molecule has 0 radical (unpaired) electrons. The minimum Gasteiger partial charge on any atom is -0.429 e. The third-order valence-corrected chi connectivity index (χ3v) is 7.89. The first-order valence-corrected chi connectivity index (χ1v) is 13.4. The molecule has 0 aliphatic carbocycles. The summed E-state index contributed by atoms with van der Waals surface area (Å²) in [6, 6.07) is 16.3. The van der Waals surface area contributed by atoms with Crippen LogP contribution in [-0.4, -0.2) is 48.3 Å². The van der Waals surface area contributed by atoms with Crippen molar-refractivity contribution < 1.29 is 17.9 Å². The lowest BCUT2D eigenvalue weighted by Crippen LogP contribution is -2.55. The predicted octanol–water partition coefficient (Wildman–Crippen LogP) is 4.35. The molecule has 0 bridgehead atoms. The van der Waals surface area contributed by atoms with Gasteiger partial charge in [0.25, 0.3) is 0 Å². The Labute approximate surface area is 207 Å². The maximum Gasteiger partial charge on any atom is 0.409 e. The molecule has 2 atom stereocenters. The van der Waals surface area contributed by atoms with E-state index in [9.17, 15) is 13.2 Å². The zero-order valence-corrected chi connectivity index (χ0v) is 21.3. The fourth-order valence-corrected chi connectivity index (χ4v) is 6.08. The zero-order chi connectivity index (χ0) is 25.1. The Balaban J connectivity index is 1.49. The summed E-state index contributed by atoms with van der Waals surface area (Å²) in [4.78, 5) is 16.5. The SMILES string of the molecule is CC(C)(C)N[C@H](Cc1c[nH]c2ccccc12)NC(=O)O[C@H]1CCCCN1S(=O)(=O)c1ccccc1. The van der Waals surface area contributed by atoms with Gasteiger partial charge in [-0.2, -0.15) is 4.31 Å². The summed E-state index contributed by atoms with van der Waals surface area (Å²) < 4.78 is 33.5. The quantitative estimate of drug-likeness (QED) is 0.420. The van der Waals surface area contributed by atoms with Gasteiger partial charge in [-0.3, -0.25) is 5.32 Å². The monoisotopic (exact) mass is 498 g/mol. The molecule has 4 rings (SSSR count). The Hall–Kier alpha value is -2.88. The van der Waals surface area contributed by atoms with Gasteiger partial charge in [-0.15, -0.1) is 0 Å². The van der Waals surface area contributed by atoms with Crippen LogP contribution in [0.3, 0.4) is 0 Å². The number of alkyl carbamates (subject to hydrolysis) is 1. The number of para-hydroxylation sites is 1. The number of aromatic amines is 1. The van der Waals surface area contributed by atoms with Crippen LogP contribution in [0, 0.1) is 0 Å². The molecule has 1 aliphatic rings. The number of carbonyl (C=O) groups excluding carboxylic acids is 1. The Morgan fingerprint density at radius 2 is 1.83 bits per heavy atom. The second-order valence-electron chi connectivity index (χ2n) is 9.94. The van der Waals surface area contributed by atoms with Crippen LogP contribution in [0.2, 0.25) is 0 Å². The van der Waals surface area contributed by atoms with Crippen molar-refractivity contribution in [2.24, 2.45) is 0 Å². The van der Waals surface area contributed by atoms with Gasteiger partial charge in [0.2, 0.25) is 10.0 Å². The number of sulfonamides is 1. The molecule has 0 saturated carbocycles. The summed E-state index contributed by atoms with van der Waals surface area (Å²) >= 11 is 0. The van der Waals surface area contributed by atoms with Gasteiger partial charge in [-0.25, -0.2) is 13.2 Å². The Bertz CT molecular complexity index is 1250. The molecule has 2 aromatic carbocycles. The molecule has 188 valence electrons. The topological polar surface area (TPSA) is 104 Å². The molecule has 3 aromatic rings. The zero-order valence-electron chi connectivity index (χ0n) is 20.5. The minimum atomic E-state index is -3.77. The maximum atomic E-state index is 13.2. The van der Waals surface area contributed by atoms with Gasteiger partial charge < -0.3 is 15.0 Å². The van der Waals surface area contributed by atoms with Crippen LogP contribution in [0.15, 0.2) is 65.7 Å². The summed E-state index contributed by atoms with van der Waals surface area (Å²) in [5.74, 6) is 0. The fourth-order valence-electron chi connectivity index (χ4n) is 4.48. The van der Waals surface area contributed by atoms with E-state index in [2.05, 4.69) is 15.6 Å². The molecule has 1 fully saturated rings. The number of hydrogen-bond donors (Lipinski definition) is 3. The largest absolute Gasteiger partial charge is 0.429 e. The van der Waals surface area contributed by atoms with E-state index >= 15 is 0 Å². The third-order valence-electron chi connectivity index (χ3n) is 5.99. The molecule has 35 heavy (non-hydrogen) atoms. The number of hydrogen-bond acceptors (Lipinski definition) is 5. The van der Waals surface area contributed by atoms with Gasteiger partial charge in [0, 0.05) is 35.6 Å². The highest BCUT2D eigenvalue weighted by atomic mass is 32.2. The van der Waals surface area contributed by atoms with E-state index in [4.69, 9.17) is 4.74 Å². The van der Waals surface area contributed by atoms with Crippen LogP contribution in [-0.2, 0) is 21.2 Å². The van der Waals surface area contributed by atoms with E-state index in [1.165, 1.54) is 4.31 Å². The Kier molecular flexibility index (Phi) is 7.49. The van der Waals surface area contributed by atoms with E-state index in [1.54, 1.807) is 30.3 Å². The van der Waals surface area contributed by atoms with E-state index in [1.807, 2.05) is 51.2 Å². The van der Waals surface area contributed by atoms with Gasteiger partial charge in [0.15, 0.2) is 6.23 Å². The van der Waals surface area contributed by atoms with E-state index in [0.29, 0.717) is 19.4 Å². The first-order chi connectivity index (χ1) is 16.6. The lowest BCUT2D eigenvalue weighted by atomic mass is 10.0. The third kappa shape index (κ3) is 6.22. The van der Waals surface area contributed by atoms with Gasteiger partial charge in [0.05, 0.1) is 11.1 Å². The fraction of sp³-hybridized carbons (Fsp3) is 0.423. The highest BCUT2D eigenvalue weighted by molar-refractivity contribution is 7.89. The molecular weight excluding hydrogens is 464 g/mol. The van der Waals surface area contributed by atoms with Crippen molar-refractivity contribution in [1.82, 2.24) is 19.9 Å². The first kappa shape index (κ1) is 25.2. The number of benzene rings is 2. The number of fused-ring (bicyclic) bond motifs is 1. The number of nitrogens with zero attached hydrogens (tertiary/aromatic N) is 1. The lowest BCUT2D eigenvalue weighted by molar-refractivity contribution is 0.00721. The molecule has 0 unspecified atom stereocenters. The van der Waals surface area contributed by atoms with Crippen molar-refractivity contribution in [3.63, 3.8) is 0 Å². The van der Waals surface area contributed by atoms with Crippen LogP contribution in [0.1, 0.15) is 45.6 Å². The summed E-state index contributed by atoms with van der Waals surface area (Å²) in [7, 11) is -3.77. The van der Waals surface area contributed by atoms with E-state index in [-0.39, 0.29) is 10.4 Å².